The van der Waals surface area contributed by atoms with E-state index in [2.05, 4.69) is 29.1 Å². The van der Waals surface area contributed by atoms with Crippen LogP contribution in [0.15, 0.2) is 35.5 Å². The lowest BCUT2D eigenvalue weighted by Gasteiger charge is -2.34. The molecule has 0 bridgehead atoms. The van der Waals surface area contributed by atoms with Gasteiger partial charge in [0.05, 0.1) is 22.3 Å². The highest BCUT2D eigenvalue weighted by Gasteiger charge is 2.42. The Kier molecular flexibility index (Phi) is 5.21. The number of benzene rings is 1. The molecule has 2 aliphatic rings. The quantitative estimate of drug-likeness (QED) is 0.762. The summed E-state index contributed by atoms with van der Waals surface area (Å²) < 4.78 is 1.81. The van der Waals surface area contributed by atoms with E-state index < -0.39 is 5.92 Å². The number of carbonyl (C=O) groups excluding carboxylic acids is 1. The van der Waals surface area contributed by atoms with Gasteiger partial charge in [-0.25, -0.2) is 9.67 Å². The maximum absolute atomic E-state index is 13.6. The normalized spacial score (nSPS) is 24.4. The maximum Gasteiger partial charge on any atom is 0.233 e. The zero-order chi connectivity index (χ0) is 20.0. The number of rotatable bonds is 3. The topological polar surface area (TPSA) is 53.7 Å². The molecule has 1 amide bonds. The molecule has 8 heteroatoms. The van der Waals surface area contributed by atoms with Crippen molar-refractivity contribution in [1.29, 1.82) is 0 Å². The Morgan fingerprint density at radius 3 is 2.68 bits per heavy atom. The Morgan fingerprint density at radius 2 is 2.00 bits per heavy atom. The van der Waals surface area contributed by atoms with Crippen LogP contribution in [0.5, 0.6) is 0 Å². The van der Waals surface area contributed by atoms with Crippen molar-refractivity contribution in [2.24, 2.45) is 10.9 Å². The fourth-order valence-corrected chi connectivity index (χ4v) is 4.44. The van der Waals surface area contributed by atoms with Crippen LogP contribution in [-0.4, -0.2) is 64.4 Å². The van der Waals surface area contributed by atoms with Crippen molar-refractivity contribution in [3.8, 4) is 0 Å². The molecule has 6 nitrogen and oxygen atoms in total. The van der Waals surface area contributed by atoms with Gasteiger partial charge in [-0.3, -0.25) is 4.79 Å². The molecule has 148 valence electrons. The summed E-state index contributed by atoms with van der Waals surface area (Å²) in [5.74, 6) is 0.401. The van der Waals surface area contributed by atoms with Crippen LogP contribution < -0.4 is 0 Å². The van der Waals surface area contributed by atoms with Gasteiger partial charge in [0, 0.05) is 30.9 Å². The van der Waals surface area contributed by atoms with Crippen molar-refractivity contribution in [2.45, 2.75) is 25.4 Å². The van der Waals surface area contributed by atoms with Gasteiger partial charge in [0.1, 0.15) is 5.92 Å². The summed E-state index contributed by atoms with van der Waals surface area (Å²) in [7, 11) is 4.11. The molecule has 1 saturated heterocycles. The second-order valence-electron chi connectivity index (χ2n) is 7.67. The minimum Gasteiger partial charge on any atom is -0.340 e. The molecule has 2 aliphatic heterocycles. The van der Waals surface area contributed by atoms with Gasteiger partial charge in [0.15, 0.2) is 5.82 Å². The van der Waals surface area contributed by atoms with Crippen LogP contribution in [0.1, 0.15) is 24.9 Å². The van der Waals surface area contributed by atoms with E-state index in [-0.39, 0.29) is 11.9 Å². The van der Waals surface area contributed by atoms with E-state index in [9.17, 15) is 4.79 Å². The molecule has 2 unspecified atom stereocenters. The largest absolute Gasteiger partial charge is 0.340 e. The minimum absolute atomic E-state index is 0.0859. The lowest BCUT2D eigenvalue weighted by molar-refractivity contribution is -0.133. The average molecular weight is 420 g/mol. The Balaban J connectivity index is 1.73. The summed E-state index contributed by atoms with van der Waals surface area (Å²) in [6.45, 7) is 3.41. The number of aliphatic imine (C=N–C) groups is 1. The molecule has 0 N–H and O–H groups in total. The van der Waals surface area contributed by atoms with E-state index in [0.717, 1.165) is 36.6 Å². The van der Waals surface area contributed by atoms with Crippen LogP contribution >= 0.6 is 23.2 Å². The molecule has 0 radical (unpaired) electrons. The zero-order valence-electron chi connectivity index (χ0n) is 16.1. The van der Waals surface area contributed by atoms with Crippen LogP contribution in [0.4, 0.5) is 5.82 Å². The second-order valence-corrected chi connectivity index (χ2v) is 8.49. The van der Waals surface area contributed by atoms with Crippen LogP contribution in [-0.2, 0) is 4.79 Å². The Hall–Kier alpha value is -1.89. The summed E-state index contributed by atoms with van der Waals surface area (Å²) in [5, 5.41) is 5.41. The summed E-state index contributed by atoms with van der Waals surface area (Å²) in [6.07, 6.45) is 2.69. The zero-order valence-corrected chi connectivity index (χ0v) is 17.7. The SMILES string of the molecule is CC1=Nc2ccnn2C(c2ccc(Cl)c(Cl)c2)C1C(=O)N1CC[C@@H](N(C)C)C1. The number of halogens is 2. The lowest BCUT2D eigenvalue weighted by atomic mass is 9.87. The number of likely N-dealkylation sites (N-methyl/N-ethyl adjacent to an activating group) is 1. The van der Waals surface area contributed by atoms with Crippen LogP contribution in [0.2, 0.25) is 10.0 Å². The van der Waals surface area contributed by atoms with E-state index in [0.29, 0.717) is 16.1 Å². The fourth-order valence-electron chi connectivity index (χ4n) is 4.13. The molecule has 0 spiro atoms. The highest BCUT2D eigenvalue weighted by Crippen LogP contribution is 2.39. The van der Waals surface area contributed by atoms with Crippen molar-refractivity contribution in [2.75, 3.05) is 27.2 Å². The molecule has 1 aromatic carbocycles. The fraction of sp³-hybridized carbons (Fsp3) is 0.450. The number of amides is 1. The molecule has 1 fully saturated rings. The highest BCUT2D eigenvalue weighted by molar-refractivity contribution is 6.42. The van der Waals surface area contributed by atoms with Gasteiger partial charge in [-0.05, 0) is 45.1 Å². The van der Waals surface area contributed by atoms with Crippen LogP contribution in [0.3, 0.4) is 0 Å². The van der Waals surface area contributed by atoms with Gasteiger partial charge >= 0.3 is 0 Å². The first-order valence-electron chi connectivity index (χ1n) is 9.35. The predicted molar refractivity (Wildman–Crippen MR) is 112 cm³/mol. The van der Waals surface area contributed by atoms with Crippen molar-refractivity contribution >= 4 is 40.6 Å². The number of aromatic nitrogens is 2. The molecule has 0 saturated carbocycles. The summed E-state index contributed by atoms with van der Waals surface area (Å²) in [5.41, 5.74) is 1.69. The molecule has 1 aromatic heterocycles. The van der Waals surface area contributed by atoms with E-state index >= 15 is 0 Å². The van der Waals surface area contributed by atoms with Crippen molar-refractivity contribution in [3.05, 3.63) is 46.1 Å². The van der Waals surface area contributed by atoms with Gasteiger partial charge in [0.25, 0.3) is 0 Å². The predicted octanol–water partition coefficient (Wildman–Crippen LogP) is 3.66. The summed E-state index contributed by atoms with van der Waals surface area (Å²) in [4.78, 5) is 22.4. The molecule has 28 heavy (non-hydrogen) atoms. The van der Waals surface area contributed by atoms with Gasteiger partial charge in [0.2, 0.25) is 5.91 Å². The lowest BCUT2D eigenvalue weighted by Crippen LogP contribution is -2.44. The summed E-state index contributed by atoms with van der Waals surface area (Å²) in [6, 6.07) is 7.44. The Bertz CT molecular complexity index is 938. The molecular formula is C20H23Cl2N5O. The Morgan fingerprint density at radius 1 is 1.21 bits per heavy atom. The van der Waals surface area contributed by atoms with Gasteiger partial charge in [-0.1, -0.05) is 29.3 Å². The third-order valence-corrected chi connectivity index (χ3v) is 6.47. The van der Waals surface area contributed by atoms with Crippen molar-refractivity contribution in [3.63, 3.8) is 0 Å². The number of nitrogens with zero attached hydrogens (tertiary/aromatic N) is 5. The van der Waals surface area contributed by atoms with Crippen LogP contribution in [0.25, 0.3) is 0 Å². The molecule has 3 heterocycles. The second kappa shape index (κ2) is 7.50. The van der Waals surface area contributed by atoms with E-state index in [1.165, 1.54) is 0 Å². The Labute approximate surface area is 174 Å². The first-order chi connectivity index (χ1) is 13.4. The first-order valence-corrected chi connectivity index (χ1v) is 10.1. The van der Waals surface area contributed by atoms with Crippen molar-refractivity contribution < 1.29 is 4.79 Å². The van der Waals surface area contributed by atoms with E-state index in [1.54, 1.807) is 12.3 Å². The number of carbonyl (C=O) groups is 1. The van der Waals surface area contributed by atoms with E-state index in [4.69, 9.17) is 23.2 Å². The number of hydrogen-bond donors (Lipinski definition) is 0. The number of fused-ring (bicyclic) bond motifs is 1. The molecule has 4 rings (SSSR count). The van der Waals surface area contributed by atoms with Gasteiger partial charge in [-0.15, -0.1) is 0 Å². The third-order valence-electron chi connectivity index (χ3n) is 5.73. The van der Waals surface area contributed by atoms with Crippen LogP contribution in [0, 0.1) is 5.92 Å². The summed E-state index contributed by atoms with van der Waals surface area (Å²) >= 11 is 12.4. The third kappa shape index (κ3) is 3.34. The van der Waals surface area contributed by atoms with Gasteiger partial charge < -0.3 is 9.80 Å². The molecular weight excluding hydrogens is 397 g/mol. The highest BCUT2D eigenvalue weighted by atomic mass is 35.5. The maximum atomic E-state index is 13.6. The van der Waals surface area contributed by atoms with E-state index in [1.807, 2.05) is 34.7 Å². The monoisotopic (exact) mass is 419 g/mol. The minimum atomic E-state index is -0.425. The average Bonchev–Trinajstić information content (AvgIpc) is 3.31. The molecule has 3 atom stereocenters. The van der Waals surface area contributed by atoms with Crippen molar-refractivity contribution in [1.82, 2.24) is 19.6 Å². The first kappa shape index (κ1) is 19.4. The number of hydrogen-bond acceptors (Lipinski definition) is 4. The van der Waals surface area contributed by atoms with Gasteiger partial charge in [-0.2, -0.15) is 5.10 Å². The standard InChI is InChI=1S/C20H23Cl2N5O/c1-12-18(20(28)26-9-7-14(11-26)25(2)3)19(27-17(24-12)6-8-23-27)13-4-5-15(21)16(22)10-13/h4-6,8,10,14,18-19H,7,9,11H2,1-3H3/t14-,18?,19?/m1/s1. The molecule has 0 aliphatic carbocycles. The number of likely N-dealkylation sites (tertiary alicyclic amines) is 1. The molecule has 2 aromatic rings. The smallest absolute Gasteiger partial charge is 0.233 e.